The van der Waals surface area contributed by atoms with Crippen LogP contribution < -0.4 is 35.4 Å². The molecule has 0 bridgehead atoms. The second-order valence-electron chi connectivity index (χ2n) is 6.45. The van der Waals surface area contributed by atoms with Crippen LogP contribution in [-0.4, -0.2) is 46.3 Å². The van der Waals surface area contributed by atoms with Crippen molar-refractivity contribution in [1.82, 2.24) is 0 Å². The summed E-state index contributed by atoms with van der Waals surface area (Å²) in [5.74, 6) is -1.58. The molecule has 8 heteroatoms. The van der Waals surface area contributed by atoms with E-state index in [-0.39, 0.29) is 24.8 Å². The molecule has 134 valence electrons. The zero-order valence-electron chi connectivity index (χ0n) is 13.9. The van der Waals surface area contributed by atoms with Gasteiger partial charge in [-0.05, 0) is 25.7 Å². The summed E-state index contributed by atoms with van der Waals surface area (Å²) < 4.78 is 0. The average molecular weight is 361 g/mol. The molecule has 0 amide bonds. The standard InChI is InChI=1S/C14H28N2O4.2ClH/c1-13(2,11(17)18)15-9-7-5-6-8-10-16-14(3,4)12(19)20;;/h15-16H,5-10H2,1-4H3,(H,17,18)(H,19,20);2*1H. The lowest BCUT2D eigenvalue weighted by Crippen LogP contribution is -3.00. The molecule has 0 aliphatic carbocycles. The number of hydrogen-bond acceptors (Lipinski definition) is 2. The summed E-state index contributed by atoms with van der Waals surface area (Å²) in [5.41, 5.74) is -1.50. The van der Waals surface area contributed by atoms with Crippen molar-refractivity contribution < 1.29 is 55.2 Å². The van der Waals surface area contributed by atoms with Gasteiger partial charge in [0.15, 0.2) is 11.1 Å². The molecule has 0 aromatic carbocycles. The Labute approximate surface area is 145 Å². The molecule has 0 aliphatic rings. The van der Waals surface area contributed by atoms with E-state index in [0.29, 0.717) is 0 Å². The smallest absolute Gasteiger partial charge is 0.364 e. The first kappa shape index (κ1) is 26.3. The third kappa shape index (κ3) is 11.1. The molecule has 22 heavy (non-hydrogen) atoms. The molecular weight excluding hydrogens is 331 g/mol. The van der Waals surface area contributed by atoms with Crippen LogP contribution in [0.4, 0.5) is 0 Å². The van der Waals surface area contributed by atoms with Crippen LogP contribution >= 0.6 is 0 Å². The van der Waals surface area contributed by atoms with Gasteiger partial charge in [0.2, 0.25) is 0 Å². The summed E-state index contributed by atoms with van der Waals surface area (Å²) in [7, 11) is 0. The number of carboxylic acid groups (broad SMARTS) is 2. The van der Waals surface area contributed by atoms with Crippen molar-refractivity contribution >= 4 is 11.9 Å². The van der Waals surface area contributed by atoms with E-state index in [9.17, 15) is 9.59 Å². The highest BCUT2D eigenvalue weighted by molar-refractivity contribution is 5.75. The Bertz CT molecular complexity index is 305. The zero-order chi connectivity index (χ0) is 15.8. The van der Waals surface area contributed by atoms with Crippen LogP contribution in [0.5, 0.6) is 0 Å². The van der Waals surface area contributed by atoms with E-state index in [1.165, 1.54) is 0 Å². The number of unbranched alkanes of at least 4 members (excludes halogenated alkanes) is 3. The van der Waals surface area contributed by atoms with E-state index in [1.54, 1.807) is 27.7 Å². The molecule has 6 nitrogen and oxygen atoms in total. The van der Waals surface area contributed by atoms with Crippen LogP contribution in [-0.2, 0) is 9.59 Å². The summed E-state index contributed by atoms with van der Waals surface area (Å²) in [6.07, 6.45) is 4.07. The van der Waals surface area contributed by atoms with Crippen LogP contribution in [0.3, 0.4) is 0 Å². The zero-order valence-corrected chi connectivity index (χ0v) is 15.4. The van der Waals surface area contributed by atoms with Gasteiger partial charge in [-0.3, -0.25) is 0 Å². The Kier molecular flexibility index (Phi) is 14.3. The fourth-order valence-electron chi connectivity index (χ4n) is 1.74. The van der Waals surface area contributed by atoms with E-state index in [4.69, 9.17) is 10.2 Å². The summed E-state index contributed by atoms with van der Waals surface area (Å²) in [6.45, 7) is 8.44. The van der Waals surface area contributed by atoms with E-state index < -0.39 is 23.0 Å². The van der Waals surface area contributed by atoms with Gasteiger partial charge in [0.05, 0.1) is 13.1 Å². The normalized spacial score (nSPS) is 11.3. The van der Waals surface area contributed by atoms with E-state index >= 15 is 0 Å². The Hall–Kier alpha value is -0.560. The second-order valence-corrected chi connectivity index (χ2v) is 6.45. The monoisotopic (exact) mass is 360 g/mol. The fourth-order valence-corrected chi connectivity index (χ4v) is 1.74. The maximum atomic E-state index is 10.9. The lowest BCUT2D eigenvalue weighted by molar-refractivity contribution is -0.709. The molecule has 0 saturated heterocycles. The summed E-state index contributed by atoms with van der Waals surface area (Å²) in [4.78, 5) is 21.8. The average Bonchev–Trinajstić information content (AvgIpc) is 2.31. The van der Waals surface area contributed by atoms with Gasteiger partial charge in [0.1, 0.15) is 0 Å². The van der Waals surface area contributed by atoms with Crippen LogP contribution in [0.1, 0.15) is 53.4 Å². The van der Waals surface area contributed by atoms with Crippen molar-refractivity contribution in [2.24, 2.45) is 0 Å². The Balaban J connectivity index is -0.00000180. The van der Waals surface area contributed by atoms with Gasteiger partial charge >= 0.3 is 11.9 Å². The number of hydrogen-bond donors (Lipinski definition) is 4. The molecule has 0 aromatic heterocycles. The molecule has 0 heterocycles. The Morgan fingerprint density at radius 3 is 1.23 bits per heavy atom. The lowest BCUT2D eigenvalue weighted by atomic mass is 10.1. The third-order valence-corrected chi connectivity index (χ3v) is 3.57. The summed E-state index contributed by atoms with van der Waals surface area (Å²) in [6, 6.07) is 0. The van der Waals surface area contributed by atoms with Crippen LogP contribution in [0.25, 0.3) is 0 Å². The number of rotatable bonds is 11. The molecule has 0 spiro atoms. The molecule has 0 fully saturated rings. The quantitative estimate of drug-likeness (QED) is 0.275. The van der Waals surface area contributed by atoms with Crippen molar-refractivity contribution in [1.29, 1.82) is 0 Å². The van der Waals surface area contributed by atoms with Gasteiger partial charge in [0.25, 0.3) is 0 Å². The van der Waals surface area contributed by atoms with Gasteiger partial charge in [-0.15, -0.1) is 0 Å². The number of halogens is 2. The van der Waals surface area contributed by atoms with Crippen LogP contribution in [0, 0.1) is 0 Å². The Morgan fingerprint density at radius 1 is 0.727 bits per heavy atom. The van der Waals surface area contributed by atoms with Crippen molar-refractivity contribution in [3.05, 3.63) is 0 Å². The maximum Gasteiger partial charge on any atom is 0.364 e. The van der Waals surface area contributed by atoms with E-state index in [1.807, 2.05) is 10.6 Å². The van der Waals surface area contributed by atoms with E-state index in [0.717, 1.165) is 38.8 Å². The summed E-state index contributed by atoms with van der Waals surface area (Å²) in [5, 5.41) is 21.6. The SMILES string of the molecule is CC(C)([NH2+]CCCCCC[NH2+]C(C)(C)C(=O)O)C(=O)O.[Cl-].[Cl-]. The van der Waals surface area contributed by atoms with Gasteiger partial charge in [-0.2, -0.15) is 0 Å². The molecule has 0 atom stereocenters. The molecule has 0 aliphatic heterocycles. The van der Waals surface area contributed by atoms with Gasteiger partial charge < -0.3 is 45.7 Å². The highest BCUT2D eigenvalue weighted by Gasteiger charge is 2.30. The predicted octanol–water partition coefficient (Wildman–Crippen LogP) is -6.59. The molecule has 0 aromatic rings. The van der Waals surface area contributed by atoms with Gasteiger partial charge in [-0.1, -0.05) is 0 Å². The first-order chi connectivity index (χ1) is 9.09. The highest BCUT2D eigenvalue weighted by atomic mass is 35.5. The van der Waals surface area contributed by atoms with Crippen molar-refractivity contribution in [2.45, 2.75) is 64.5 Å². The molecule has 0 radical (unpaired) electrons. The third-order valence-electron chi connectivity index (χ3n) is 3.57. The second kappa shape index (κ2) is 11.9. The summed E-state index contributed by atoms with van der Waals surface area (Å²) >= 11 is 0. The maximum absolute atomic E-state index is 10.9. The fraction of sp³-hybridized carbons (Fsp3) is 0.857. The minimum Gasteiger partial charge on any atom is -1.00 e. The minimum atomic E-state index is -0.789. The van der Waals surface area contributed by atoms with Gasteiger partial charge in [-0.25, -0.2) is 9.59 Å². The number of aliphatic carboxylic acids is 2. The van der Waals surface area contributed by atoms with Crippen LogP contribution in [0.2, 0.25) is 0 Å². The van der Waals surface area contributed by atoms with Gasteiger partial charge in [0, 0.05) is 27.7 Å². The van der Waals surface area contributed by atoms with E-state index in [2.05, 4.69) is 0 Å². The Morgan fingerprint density at radius 2 is 1.00 bits per heavy atom. The molecule has 0 rings (SSSR count). The van der Waals surface area contributed by atoms with Crippen molar-refractivity contribution in [2.75, 3.05) is 13.1 Å². The molecule has 0 unspecified atom stereocenters. The highest BCUT2D eigenvalue weighted by Crippen LogP contribution is 1.99. The molecule has 6 N–H and O–H groups in total. The lowest BCUT2D eigenvalue weighted by Gasteiger charge is -2.18. The van der Waals surface area contributed by atoms with Crippen molar-refractivity contribution in [3.8, 4) is 0 Å². The molecular formula is C14H30Cl2N2O4. The molecule has 0 saturated carbocycles. The largest absolute Gasteiger partial charge is 1.00 e. The number of quaternary nitrogens is 2. The predicted molar refractivity (Wildman–Crippen MR) is 75.5 cm³/mol. The van der Waals surface area contributed by atoms with Crippen molar-refractivity contribution in [3.63, 3.8) is 0 Å². The minimum absolute atomic E-state index is 0. The number of nitrogens with two attached hydrogens (primary N) is 2. The van der Waals surface area contributed by atoms with Crippen LogP contribution in [0.15, 0.2) is 0 Å². The first-order valence-electron chi connectivity index (χ1n) is 7.25. The first-order valence-corrected chi connectivity index (χ1v) is 7.25. The number of carboxylic acids is 2. The topological polar surface area (TPSA) is 108 Å². The number of carbonyl (C=O) groups is 2.